The molecule has 0 bridgehead atoms. The van der Waals surface area contributed by atoms with Gasteiger partial charge in [0.1, 0.15) is 11.6 Å². The van der Waals surface area contributed by atoms with Gasteiger partial charge in [-0.2, -0.15) is 25.9 Å². The topological polar surface area (TPSA) is 139 Å². The molecule has 0 radical (unpaired) electrons. The number of carbonyl (C=O) groups excluding carboxylic acids is 2. The molecule has 2 aromatic carbocycles. The number of nitrogens with one attached hydrogen (secondary N) is 2. The first-order valence-electron chi connectivity index (χ1n) is 10.7. The van der Waals surface area contributed by atoms with Crippen LogP contribution in [-0.4, -0.2) is 73.0 Å². The summed E-state index contributed by atoms with van der Waals surface area (Å²) >= 11 is 0. The van der Waals surface area contributed by atoms with E-state index in [1.165, 1.54) is 17.6 Å². The maximum atomic E-state index is 14.9. The van der Waals surface area contributed by atoms with E-state index in [1.54, 1.807) is 0 Å². The molecule has 1 saturated heterocycles. The van der Waals surface area contributed by atoms with E-state index in [0.29, 0.717) is 10.4 Å². The molecule has 0 saturated carbocycles. The van der Waals surface area contributed by atoms with Gasteiger partial charge in [-0.15, -0.1) is 0 Å². The van der Waals surface area contributed by atoms with E-state index < -0.39 is 58.0 Å². The van der Waals surface area contributed by atoms with Crippen LogP contribution in [0.4, 0.5) is 32.4 Å². The smallest absolute Gasteiger partial charge is 0.465 e. The minimum absolute atomic E-state index is 0.130. The van der Waals surface area contributed by atoms with Gasteiger partial charge in [0.25, 0.3) is 5.91 Å². The third kappa shape index (κ3) is 6.65. The van der Waals surface area contributed by atoms with Crippen LogP contribution in [0.15, 0.2) is 42.5 Å². The molecule has 0 aromatic heterocycles. The van der Waals surface area contributed by atoms with Crippen molar-refractivity contribution in [2.75, 3.05) is 30.5 Å². The fraction of sp³-hybridized carbons (Fsp3) is 0.286. The molecule has 2 aromatic rings. The molecule has 1 fully saturated rings. The van der Waals surface area contributed by atoms with Gasteiger partial charge >= 0.3 is 28.4 Å². The molecule has 0 spiro atoms. The Labute approximate surface area is 212 Å². The highest BCUT2D eigenvalue weighted by Crippen LogP contribution is 2.26. The number of nitrogens with zero attached hydrogens (tertiary/aromatic N) is 3. The number of piperazine rings is 1. The van der Waals surface area contributed by atoms with E-state index in [-0.39, 0.29) is 37.4 Å². The Morgan fingerprint density at radius 2 is 1.63 bits per heavy atom. The first kappa shape index (κ1) is 28.6. The molecule has 1 aliphatic heterocycles. The summed E-state index contributed by atoms with van der Waals surface area (Å²) in [5, 5.41) is 9.09. The number of carboxylic acid groups (broad SMARTS) is 1. The van der Waals surface area contributed by atoms with E-state index >= 15 is 0 Å². The summed E-state index contributed by atoms with van der Waals surface area (Å²) in [4.78, 5) is 35.0. The maximum Gasteiger partial charge on any atom is 0.472 e. The van der Waals surface area contributed by atoms with E-state index in [2.05, 4.69) is 0 Å². The van der Waals surface area contributed by atoms with E-state index in [4.69, 9.17) is 5.11 Å². The highest BCUT2D eigenvalue weighted by Gasteiger charge is 2.39. The van der Waals surface area contributed by atoms with Gasteiger partial charge in [-0.25, -0.2) is 13.6 Å². The molecule has 0 atom stereocenters. The average Bonchev–Trinajstić information content (AvgIpc) is 2.85. The Balaban J connectivity index is 1.85. The molecule has 0 unspecified atom stereocenters. The SMILES string of the molecule is O=C(NNC(=O)C(F)(F)F)c1ccc(CN(c2cccc(F)c2)S(=O)(=O)N2CCN(C(=O)O)CC2)c(F)c1. The molecular weight excluding hydrogens is 545 g/mol. The van der Waals surface area contributed by atoms with Crippen molar-refractivity contribution < 1.29 is 49.9 Å². The minimum Gasteiger partial charge on any atom is -0.465 e. The zero-order valence-electron chi connectivity index (χ0n) is 19.2. The molecule has 3 rings (SSSR count). The molecule has 1 aliphatic rings. The summed E-state index contributed by atoms with van der Waals surface area (Å²) in [5.41, 5.74) is 1.67. The number of hydrogen-bond acceptors (Lipinski definition) is 5. The highest BCUT2D eigenvalue weighted by atomic mass is 32.2. The number of alkyl halides is 3. The first-order chi connectivity index (χ1) is 17.7. The number of anilines is 1. The number of rotatable bonds is 6. The van der Waals surface area contributed by atoms with Gasteiger partial charge in [0.05, 0.1) is 12.2 Å². The van der Waals surface area contributed by atoms with Crippen LogP contribution in [0, 0.1) is 11.6 Å². The molecule has 11 nitrogen and oxygen atoms in total. The largest absolute Gasteiger partial charge is 0.472 e. The molecule has 3 amide bonds. The number of halogens is 5. The lowest BCUT2D eigenvalue weighted by molar-refractivity contribution is -0.174. The Bertz CT molecular complexity index is 1330. The van der Waals surface area contributed by atoms with E-state index in [0.717, 1.165) is 38.9 Å². The second kappa shape index (κ2) is 11.2. The summed E-state index contributed by atoms with van der Waals surface area (Å²) in [7, 11) is -4.44. The van der Waals surface area contributed by atoms with Crippen LogP contribution in [0.2, 0.25) is 0 Å². The van der Waals surface area contributed by atoms with Gasteiger partial charge in [-0.05, 0) is 30.3 Å². The maximum absolute atomic E-state index is 14.9. The lowest BCUT2D eigenvalue weighted by atomic mass is 10.1. The summed E-state index contributed by atoms with van der Waals surface area (Å²) < 4.78 is 94.1. The fourth-order valence-corrected chi connectivity index (χ4v) is 5.00. The monoisotopic (exact) mass is 565 g/mol. The predicted molar refractivity (Wildman–Crippen MR) is 121 cm³/mol. The second-order valence-electron chi connectivity index (χ2n) is 7.88. The Hall–Kier alpha value is -3.99. The van der Waals surface area contributed by atoms with Crippen molar-refractivity contribution in [3.8, 4) is 0 Å². The average molecular weight is 565 g/mol. The highest BCUT2D eigenvalue weighted by molar-refractivity contribution is 7.90. The van der Waals surface area contributed by atoms with Gasteiger partial charge in [-0.3, -0.25) is 24.7 Å². The Morgan fingerprint density at radius 1 is 0.974 bits per heavy atom. The number of hydrogen-bond donors (Lipinski definition) is 3. The summed E-state index contributed by atoms with van der Waals surface area (Å²) in [6.07, 6.45) is -6.50. The van der Waals surface area contributed by atoms with Crippen LogP contribution in [0.5, 0.6) is 0 Å². The van der Waals surface area contributed by atoms with Crippen molar-refractivity contribution in [1.82, 2.24) is 20.1 Å². The standard InChI is InChI=1S/C21H20F5N5O6S/c22-15-2-1-3-16(11-15)31(38(36,37)30-8-6-29(7-9-30)20(34)35)12-14-5-4-13(10-17(14)23)18(32)27-28-19(33)21(24,25)26/h1-5,10-11H,6-9,12H2,(H,27,32)(H,28,33)(H,34,35). The van der Waals surface area contributed by atoms with E-state index in [1.807, 2.05) is 0 Å². The van der Waals surface area contributed by atoms with Gasteiger partial charge in [0.15, 0.2) is 0 Å². The van der Waals surface area contributed by atoms with Crippen LogP contribution in [-0.2, 0) is 21.5 Å². The van der Waals surface area contributed by atoms with Crippen LogP contribution in [0.25, 0.3) is 0 Å². The van der Waals surface area contributed by atoms with Crippen molar-refractivity contribution >= 4 is 33.8 Å². The molecule has 3 N–H and O–H groups in total. The van der Waals surface area contributed by atoms with Crippen molar-refractivity contribution in [2.24, 2.45) is 0 Å². The molecule has 38 heavy (non-hydrogen) atoms. The normalized spacial score (nSPS) is 14.6. The first-order valence-corrected chi connectivity index (χ1v) is 12.1. The van der Waals surface area contributed by atoms with Gasteiger partial charge in [0.2, 0.25) is 0 Å². The second-order valence-corrected chi connectivity index (χ2v) is 9.73. The number of benzene rings is 2. The van der Waals surface area contributed by atoms with Crippen molar-refractivity contribution in [3.05, 3.63) is 65.2 Å². The zero-order valence-corrected chi connectivity index (χ0v) is 20.0. The van der Waals surface area contributed by atoms with Crippen molar-refractivity contribution in [3.63, 3.8) is 0 Å². The van der Waals surface area contributed by atoms with E-state index in [9.17, 15) is 44.8 Å². The molecular formula is C21H20F5N5O6S. The minimum atomic E-state index is -5.27. The fourth-order valence-electron chi connectivity index (χ4n) is 3.41. The zero-order chi connectivity index (χ0) is 28.3. The lowest BCUT2D eigenvalue weighted by Gasteiger charge is -2.36. The predicted octanol–water partition coefficient (Wildman–Crippen LogP) is 1.84. The number of amides is 3. The third-order valence-electron chi connectivity index (χ3n) is 5.39. The van der Waals surface area contributed by atoms with Crippen LogP contribution >= 0.6 is 0 Å². The van der Waals surface area contributed by atoms with Gasteiger partial charge in [0, 0.05) is 37.3 Å². The Morgan fingerprint density at radius 3 is 2.18 bits per heavy atom. The van der Waals surface area contributed by atoms with Crippen molar-refractivity contribution in [2.45, 2.75) is 12.7 Å². The number of hydrazine groups is 1. The van der Waals surface area contributed by atoms with Crippen molar-refractivity contribution in [1.29, 1.82) is 0 Å². The molecule has 1 heterocycles. The van der Waals surface area contributed by atoms with Gasteiger partial charge < -0.3 is 10.0 Å². The lowest BCUT2D eigenvalue weighted by Crippen LogP contribution is -2.54. The summed E-state index contributed by atoms with van der Waals surface area (Å²) in [6, 6.07) is 7.05. The van der Waals surface area contributed by atoms with Crippen LogP contribution in [0.3, 0.4) is 0 Å². The quantitative estimate of drug-likeness (QED) is 0.361. The number of carbonyl (C=O) groups is 3. The molecule has 0 aliphatic carbocycles. The third-order valence-corrected chi connectivity index (χ3v) is 7.30. The van der Waals surface area contributed by atoms with Gasteiger partial charge in [-0.1, -0.05) is 12.1 Å². The Kier molecular flexibility index (Phi) is 8.41. The summed E-state index contributed by atoms with van der Waals surface area (Å²) in [5.74, 6) is -5.64. The van der Waals surface area contributed by atoms with Crippen LogP contribution < -0.4 is 15.2 Å². The summed E-state index contributed by atoms with van der Waals surface area (Å²) in [6.45, 7) is -1.37. The van der Waals surface area contributed by atoms with Crippen LogP contribution in [0.1, 0.15) is 15.9 Å². The molecule has 17 heteroatoms. The molecule has 206 valence electrons.